The van der Waals surface area contributed by atoms with Crippen LogP contribution in [0.15, 0.2) is 49.1 Å². The number of carbonyl (C=O) groups excluding carboxylic acids is 2. The van der Waals surface area contributed by atoms with E-state index in [1.54, 1.807) is 17.2 Å². The van der Waals surface area contributed by atoms with Gasteiger partial charge in [0.1, 0.15) is 17.0 Å². The lowest BCUT2D eigenvalue weighted by atomic mass is 9.94. The summed E-state index contributed by atoms with van der Waals surface area (Å²) in [6.07, 6.45) is 8.58. The summed E-state index contributed by atoms with van der Waals surface area (Å²) in [6.45, 7) is 7.57. The molecule has 2 aromatic heterocycles. The van der Waals surface area contributed by atoms with E-state index < -0.39 is 5.60 Å². The number of fused-ring (bicyclic) bond motifs is 1. The molecule has 0 atom stereocenters. The fourth-order valence-electron chi connectivity index (χ4n) is 4.02. The van der Waals surface area contributed by atoms with Crippen molar-refractivity contribution in [3.05, 3.63) is 54.7 Å². The first kappa shape index (κ1) is 24.4. The summed E-state index contributed by atoms with van der Waals surface area (Å²) in [5.41, 5.74) is 0.968. The van der Waals surface area contributed by atoms with E-state index >= 15 is 0 Å². The number of nitrogens with one attached hydrogen (secondary N) is 1. The van der Waals surface area contributed by atoms with E-state index in [0.717, 1.165) is 24.6 Å². The standard InChI is InChI=1S/C26H31N5O4/c1-26(2,3)35-25(33)31-12-6-18(7-13-31)8-14-34-20-15-19-5-4-9-29-23(19)21(16-20)30-24(32)22-17-27-10-11-28-22/h4-5,9-11,15-18H,6-8,12-14H2,1-3H3,(H,30,32). The van der Waals surface area contributed by atoms with Crippen LogP contribution >= 0.6 is 0 Å². The van der Waals surface area contributed by atoms with E-state index in [2.05, 4.69) is 20.3 Å². The van der Waals surface area contributed by atoms with Crippen molar-refractivity contribution in [1.29, 1.82) is 0 Å². The third kappa shape index (κ3) is 6.65. The first-order chi connectivity index (χ1) is 16.8. The molecule has 35 heavy (non-hydrogen) atoms. The van der Waals surface area contributed by atoms with Crippen LogP contribution in [0.25, 0.3) is 10.9 Å². The predicted octanol–water partition coefficient (Wildman–Crippen LogP) is 4.69. The highest BCUT2D eigenvalue weighted by Crippen LogP contribution is 2.29. The van der Waals surface area contributed by atoms with Crippen LogP contribution in [0.5, 0.6) is 5.75 Å². The third-order valence-corrected chi connectivity index (χ3v) is 5.78. The van der Waals surface area contributed by atoms with Gasteiger partial charge in [-0.25, -0.2) is 9.78 Å². The van der Waals surface area contributed by atoms with Gasteiger partial charge in [0.05, 0.1) is 24.0 Å². The number of anilines is 1. The molecule has 1 aliphatic rings. The molecule has 1 fully saturated rings. The Balaban J connectivity index is 1.34. The van der Waals surface area contributed by atoms with Crippen LogP contribution in [0.3, 0.4) is 0 Å². The predicted molar refractivity (Wildman–Crippen MR) is 132 cm³/mol. The number of likely N-dealkylation sites (tertiary alicyclic amines) is 1. The first-order valence-corrected chi connectivity index (χ1v) is 11.9. The Morgan fingerprint density at radius 1 is 1.11 bits per heavy atom. The topological polar surface area (TPSA) is 107 Å². The average molecular weight is 478 g/mol. The normalized spacial score (nSPS) is 14.5. The number of rotatable bonds is 6. The molecule has 4 rings (SSSR count). The second-order valence-corrected chi connectivity index (χ2v) is 9.64. The van der Waals surface area contributed by atoms with Crippen LogP contribution < -0.4 is 10.1 Å². The molecule has 9 nitrogen and oxygen atoms in total. The zero-order valence-electron chi connectivity index (χ0n) is 20.4. The Morgan fingerprint density at radius 3 is 2.63 bits per heavy atom. The van der Waals surface area contributed by atoms with Crippen LogP contribution in [0.4, 0.5) is 10.5 Å². The van der Waals surface area contributed by atoms with Crippen LogP contribution in [0, 0.1) is 5.92 Å². The van der Waals surface area contributed by atoms with Crippen LogP contribution in [-0.2, 0) is 4.74 Å². The van der Waals surface area contributed by atoms with Crippen molar-refractivity contribution >= 4 is 28.6 Å². The molecule has 0 saturated carbocycles. The number of ether oxygens (including phenoxy) is 2. The molecule has 1 aliphatic heterocycles. The number of nitrogens with zero attached hydrogens (tertiary/aromatic N) is 4. The highest BCUT2D eigenvalue weighted by atomic mass is 16.6. The molecule has 0 unspecified atom stereocenters. The zero-order valence-corrected chi connectivity index (χ0v) is 20.4. The SMILES string of the molecule is CC(C)(C)OC(=O)N1CCC(CCOc2cc(NC(=O)c3cnccn3)c3ncccc3c2)CC1. The molecule has 0 bridgehead atoms. The van der Waals surface area contributed by atoms with Gasteiger partial charge in [0, 0.05) is 43.1 Å². The lowest BCUT2D eigenvalue weighted by Gasteiger charge is -2.33. The van der Waals surface area contributed by atoms with Gasteiger partial charge in [-0.05, 0) is 58.1 Å². The number of benzene rings is 1. The second-order valence-electron chi connectivity index (χ2n) is 9.64. The highest BCUT2D eigenvalue weighted by Gasteiger charge is 2.26. The molecule has 0 spiro atoms. The lowest BCUT2D eigenvalue weighted by molar-refractivity contribution is 0.0177. The minimum atomic E-state index is -0.482. The fourth-order valence-corrected chi connectivity index (χ4v) is 4.02. The van der Waals surface area contributed by atoms with E-state index in [1.807, 2.05) is 39.0 Å². The second kappa shape index (κ2) is 10.7. The van der Waals surface area contributed by atoms with Gasteiger partial charge in [-0.15, -0.1) is 0 Å². The molecule has 0 radical (unpaired) electrons. The maximum atomic E-state index is 12.6. The van der Waals surface area contributed by atoms with Crippen molar-refractivity contribution in [2.45, 2.75) is 45.6 Å². The summed E-state index contributed by atoms with van der Waals surface area (Å²) < 4.78 is 11.5. The number of carbonyl (C=O) groups is 2. The molecular weight excluding hydrogens is 446 g/mol. The maximum Gasteiger partial charge on any atom is 0.410 e. The summed E-state index contributed by atoms with van der Waals surface area (Å²) in [4.78, 5) is 39.1. The number of hydrogen-bond donors (Lipinski definition) is 1. The van der Waals surface area contributed by atoms with Gasteiger partial charge in [0.2, 0.25) is 0 Å². The van der Waals surface area contributed by atoms with Crippen molar-refractivity contribution in [2.75, 3.05) is 25.0 Å². The minimum absolute atomic E-state index is 0.223. The molecule has 1 N–H and O–H groups in total. The Bertz CT molecular complexity index is 1170. The lowest BCUT2D eigenvalue weighted by Crippen LogP contribution is -2.41. The molecular formula is C26H31N5O4. The highest BCUT2D eigenvalue weighted by molar-refractivity contribution is 6.07. The van der Waals surface area contributed by atoms with Crippen molar-refractivity contribution in [3.8, 4) is 5.75 Å². The van der Waals surface area contributed by atoms with Gasteiger partial charge >= 0.3 is 6.09 Å². The molecule has 184 valence electrons. The third-order valence-electron chi connectivity index (χ3n) is 5.78. The summed E-state index contributed by atoms with van der Waals surface area (Å²) in [5, 5.41) is 3.75. The molecule has 3 aromatic rings. The van der Waals surface area contributed by atoms with Crippen molar-refractivity contribution < 1.29 is 19.1 Å². The van der Waals surface area contributed by atoms with Gasteiger partial charge in [0.15, 0.2) is 0 Å². The number of piperidine rings is 1. The van der Waals surface area contributed by atoms with Gasteiger partial charge < -0.3 is 19.7 Å². The van der Waals surface area contributed by atoms with Gasteiger partial charge in [0.25, 0.3) is 5.91 Å². The fraction of sp³-hybridized carbons (Fsp3) is 0.423. The molecule has 9 heteroatoms. The Kier molecular flexibility index (Phi) is 7.43. The maximum absolute atomic E-state index is 12.6. The van der Waals surface area contributed by atoms with Gasteiger partial charge in [-0.1, -0.05) is 6.07 Å². The first-order valence-electron chi connectivity index (χ1n) is 11.9. The van der Waals surface area contributed by atoms with E-state index in [1.165, 1.54) is 18.6 Å². The number of amides is 2. The molecule has 1 saturated heterocycles. The van der Waals surface area contributed by atoms with Gasteiger partial charge in [-0.2, -0.15) is 0 Å². The largest absolute Gasteiger partial charge is 0.493 e. The quantitative estimate of drug-likeness (QED) is 0.549. The monoisotopic (exact) mass is 477 g/mol. The molecule has 3 heterocycles. The van der Waals surface area contributed by atoms with Gasteiger partial charge in [-0.3, -0.25) is 14.8 Å². The number of hydrogen-bond acceptors (Lipinski definition) is 7. The molecule has 2 amide bonds. The smallest absolute Gasteiger partial charge is 0.410 e. The Morgan fingerprint density at radius 2 is 1.91 bits per heavy atom. The number of pyridine rings is 1. The van der Waals surface area contributed by atoms with Crippen LogP contribution in [0.2, 0.25) is 0 Å². The average Bonchev–Trinajstić information content (AvgIpc) is 2.84. The van der Waals surface area contributed by atoms with E-state index in [-0.39, 0.29) is 17.7 Å². The van der Waals surface area contributed by atoms with Crippen LogP contribution in [-0.4, -0.2) is 57.1 Å². The van der Waals surface area contributed by atoms with Crippen molar-refractivity contribution in [3.63, 3.8) is 0 Å². The summed E-state index contributed by atoms with van der Waals surface area (Å²) in [6, 6.07) is 7.48. The zero-order chi connectivity index (χ0) is 24.8. The minimum Gasteiger partial charge on any atom is -0.493 e. The summed E-state index contributed by atoms with van der Waals surface area (Å²) in [5.74, 6) is 0.775. The van der Waals surface area contributed by atoms with E-state index in [4.69, 9.17) is 9.47 Å². The Labute approximate surface area is 204 Å². The van der Waals surface area contributed by atoms with Crippen LogP contribution in [0.1, 0.15) is 50.5 Å². The van der Waals surface area contributed by atoms with Crippen molar-refractivity contribution in [2.24, 2.45) is 5.92 Å². The summed E-state index contributed by atoms with van der Waals surface area (Å²) >= 11 is 0. The van der Waals surface area contributed by atoms with E-state index in [0.29, 0.717) is 42.6 Å². The van der Waals surface area contributed by atoms with E-state index in [9.17, 15) is 9.59 Å². The number of aromatic nitrogens is 3. The molecule has 0 aliphatic carbocycles. The van der Waals surface area contributed by atoms with Crippen molar-refractivity contribution in [1.82, 2.24) is 19.9 Å². The molecule has 1 aromatic carbocycles. The summed E-state index contributed by atoms with van der Waals surface area (Å²) in [7, 11) is 0. The Hall–Kier alpha value is -3.75.